The van der Waals surface area contributed by atoms with Gasteiger partial charge in [0.2, 0.25) is 5.82 Å². The molecule has 2 heterocycles. The van der Waals surface area contributed by atoms with Gasteiger partial charge in [-0.3, -0.25) is 0 Å². The Labute approximate surface area is 148 Å². The molecular weight excluding hydrogens is 348 g/mol. The summed E-state index contributed by atoms with van der Waals surface area (Å²) in [5.74, 6) is 2.11. The molecule has 0 spiro atoms. The van der Waals surface area contributed by atoms with Gasteiger partial charge in [0, 0.05) is 10.9 Å². The Balaban J connectivity index is 1.85. The molecule has 3 aromatic rings. The van der Waals surface area contributed by atoms with Gasteiger partial charge in [0.05, 0.1) is 13.7 Å². The molecule has 0 unspecified atom stereocenters. The molecule has 2 aromatic heterocycles. The average Bonchev–Trinajstić information content (AvgIpc) is 3.27. The molecule has 0 bridgehead atoms. The molecule has 0 saturated heterocycles. The third kappa shape index (κ3) is 3.60. The topological polar surface area (TPSA) is 57.4 Å². The van der Waals surface area contributed by atoms with E-state index in [1.54, 1.807) is 24.5 Å². The third-order valence-corrected chi connectivity index (χ3v) is 4.14. The highest BCUT2D eigenvalue weighted by Gasteiger charge is 2.12. The van der Waals surface area contributed by atoms with Gasteiger partial charge in [-0.25, -0.2) is 0 Å². The van der Waals surface area contributed by atoms with Crippen LogP contribution in [0.15, 0.2) is 39.5 Å². The van der Waals surface area contributed by atoms with Gasteiger partial charge in [-0.15, -0.1) is 0 Å². The molecule has 0 fully saturated rings. The van der Waals surface area contributed by atoms with Crippen LogP contribution in [-0.4, -0.2) is 23.9 Å². The Kier molecular flexibility index (Phi) is 5.17. The summed E-state index contributed by atoms with van der Waals surface area (Å²) < 4.78 is 16.1. The third-order valence-electron chi connectivity index (χ3n) is 3.19. The SMILES string of the molecule is CCOc1ccc(/C=C(\Cl)c2nc(-c3ccsc3)no2)cc1OC. The molecule has 24 heavy (non-hydrogen) atoms. The normalized spacial score (nSPS) is 11.5. The number of benzene rings is 1. The first kappa shape index (κ1) is 16.5. The maximum Gasteiger partial charge on any atom is 0.269 e. The van der Waals surface area contributed by atoms with Crippen LogP contribution in [0, 0.1) is 0 Å². The maximum atomic E-state index is 6.31. The molecule has 1 aromatic carbocycles. The van der Waals surface area contributed by atoms with Crippen molar-refractivity contribution in [2.45, 2.75) is 6.92 Å². The highest BCUT2D eigenvalue weighted by atomic mass is 35.5. The summed E-state index contributed by atoms with van der Waals surface area (Å²) in [6.45, 7) is 2.49. The van der Waals surface area contributed by atoms with Crippen LogP contribution in [0.2, 0.25) is 0 Å². The zero-order chi connectivity index (χ0) is 16.9. The molecule has 0 aliphatic heterocycles. The van der Waals surface area contributed by atoms with E-state index < -0.39 is 0 Å². The molecular formula is C17H15ClN2O3S. The minimum absolute atomic E-state index is 0.269. The van der Waals surface area contributed by atoms with E-state index in [9.17, 15) is 0 Å². The molecule has 5 nitrogen and oxygen atoms in total. The highest BCUT2D eigenvalue weighted by Crippen LogP contribution is 2.31. The summed E-state index contributed by atoms with van der Waals surface area (Å²) in [6, 6.07) is 7.48. The van der Waals surface area contributed by atoms with Gasteiger partial charge in [0.25, 0.3) is 5.89 Å². The van der Waals surface area contributed by atoms with Gasteiger partial charge in [-0.2, -0.15) is 16.3 Å². The monoisotopic (exact) mass is 362 g/mol. The van der Waals surface area contributed by atoms with Crippen LogP contribution in [0.25, 0.3) is 22.5 Å². The van der Waals surface area contributed by atoms with Crippen molar-refractivity contribution in [3.63, 3.8) is 0 Å². The molecule has 0 aliphatic rings. The van der Waals surface area contributed by atoms with Crippen LogP contribution in [-0.2, 0) is 0 Å². The Morgan fingerprint density at radius 3 is 2.92 bits per heavy atom. The van der Waals surface area contributed by atoms with E-state index in [1.807, 2.05) is 41.9 Å². The van der Waals surface area contributed by atoms with E-state index in [-0.39, 0.29) is 5.89 Å². The molecule has 0 N–H and O–H groups in total. The van der Waals surface area contributed by atoms with Crippen molar-refractivity contribution in [1.82, 2.24) is 10.1 Å². The van der Waals surface area contributed by atoms with Crippen LogP contribution >= 0.6 is 22.9 Å². The molecule has 0 amide bonds. The summed E-state index contributed by atoms with van der Waals surface area (Å²) in [5, 5.41) is 8.20. The fraction of sp³-hybridized carbons (Fsp3) is 0.176. The van der Waals surface area contributed by atoms with E-state index in [1.165, 1.54) is 0 Å². The number of hydrogen-bond acceptors (Lipinski definition) is 6. The molecule has 0 aliphatic carbocycles. The second-order valence-corrected chi connectivity index (χ2v) is 5.96. The fourth-order valence-corrected chi connectivity index (χ4v) is 2.92. The average molecular weight is 363 g/mol. The van der Waals surface area contributed by atoms with Gasteiger partial charge in [0.15, 0.2) is 11.5 Å². The van der Waals surface area contributed by atoms with Crippen LogP contribution in [0.4, 0.5) is 0 Å². The molecule has 3 rings (SSSR count). The summed E-state index contributed by atoms with van der Waals surface area (Å²) in [4.78, 5) is 4.31. The van der Waals surface area contributed by atoms with Crippen molar-refractivity contribution < 1.29 is 14.0 Å². The van der Waals surface area contributed by atoms with Crippen molar-refractivity contribution in [3.8, 4) is 22.9 Å². The lowest BCUT2D eigenvalue weighted by atomic mass is 10.2. The van der Waals surface area contributed by atoms with Crippen molar-refractivity contribution in [2.24, 2.45) is 0 Å². The second-order valence-electron chi connectivity index (χ2n) is 4.77. The van der Waals surface area contributed by atoms with Crippen LogP contribution in [0.3, 0.4) is 0 Å². The van der Waals surface area contributed by atoms with Gasteiger partial charge in [-0.05, 0) is 42.1 Å². The van der Waals surface area contributed by atoms with E-state index in [0.717, 1.165) is 11.1 Å². The number of ether oxygens (including phenoxy) is 2. The van der Waals surface area contributed by atoms with Crippen molar-refractivity contribution >= 4 is 34.0 Å². The Hall–Kier alpha value is -2.31. The minimum Gasteiger partial charge on any atom is -0.493 e. The standard InChI is InChI=1S/C17H15ClN2O3S/c1-3-22-14-5-4-11(9-15(14)21-2)8-13(18)17-19-16(20-23-17)12-6-7-24-10-12/h4-10H,3H2,1-2H3/b13-8-. The summed E-state index contributed by atoms with van der Waals surface area (Å²) in [5.41, 5.74) is 1.75. The fourth-order valence-electron chi connectivity index (χ4n) is 2.09. The number of hydrogen-bond donors (Lipinski definition) is 0. The lowest BCUT2D eigenvalue weighted by Gasteiger charge is -2.09. The number of aromatic nitrogens is 2. The summed E-state index contributed by atoms with van der Waals surface area (Å²) >= 11 is 7.88. The predicted octanol–water partition coefficient (Wildman–Crippen LogP) is 4.94. The van der Waals surface area contributed by atoms with E-state index >= 15 is 0 Å². The van der Waals surface area contributed by atoms with Crippen LogP contribution in [0.1, 0.15) is 18.4 Å². The number of thiophene rings is 1. The van der Waals surface area contributed by atoms with Crippen molar-refractivity contribution in [1.29, 1.82) is 0 Å². The van der Waals surface area contributed by atoms with Crippen molar-refractivity contribution in [3.05, 3.63) is 46.5 Å². The first-order chi connectivity index (χ1) is 11.7. The highest BCUT2D eigenvalue weighted by molar-refractivity contribution is 7.08. The largest absolute Gasteiger partial charge is 0.493 e. The minimum atomic E-state index is 0.269. The smallest absolute Gasteiger partial charge is 0.269 e. The zero-order valence-electron chi connectivity index (χ0n) is 13.2. The Morgan fingerprint density at radius 2 is 2.21 bits per heavy atom. The first-order valence-corrected chi connectivity index (χ1v) is 8.58. The molecule has 124 valence electrons. The van der Waals surface area contributed by atoms with E-state index in [2.05, 4.69) is 10.1 Å². The molecule has 7 heteroatoms. The predicted molar refractivity (Wildman–Crippen MR) is 95.5 cm³/mol. The van der Waals surface area contributed by atoms with Crippen LogP contribution in [0.5, 0.6) is 11.5 Å². The van der Waals surface area contributed by atoms with E-state index in [4.69, 9.17) is 25.6 Å². The summed E-state index contributed by atoms with van der Waals surface area (Å²) in [7, 11) is 1.60. The van der Waals surface area contributed by atoms with Gasteiger partial charge in [0.1, 0.15) is 5.03 Å². The number of methoxy groups -OCH3 is 1. The lowest BCUT2D eigenvalue weighted by molar-refractivity contribution is 0.311. The number of nitrogens with zero attached hydrogens (tertiary/aromatic N) is 2. The van der Waals surface area contributed by atoms with Crippen LogP contribution < -0.4 is 9.47 Å². The van der Waals surface area contributed by atoms with Gasteiger partial charge in [-0.1, -0.05) is 22.8 Å². The van der Waals surface area contributed by atoms with E-state index in [0.29, 0.717) is 29.0 Å². The Morgan fingerprint density at radius 1 is 1.33 bits per heavy atom. The second kappa shape index (κ2) is 7.51. The number of halogens is 1. The van der Waals surface area contributed by atoms with Crippen molar-refractivity contribution in [2.75, 3.05) is 13.7 Å². The first-order valence-electron chi connectivity index (χ1n) is 7.26. The molecule has 0 atom stereocenters. The zero-order valence-corrected chi connectivity index (χ0v) is 14.7. The molecule has 0 radical (unpaired) electrons. The Bertz CT molecular complexity index is 843. The summed E-state index contributed by atoms with van der Waals surface area (Å²) in [6.07, 6.45) is 1.74. The van der Waals surface area contributed by atoms with Gasteiger partial charge < -0.3 is 14.0 Å². The number of rotatable bonds is 6. The lowest BCUT2D eigenvalue weighted by Crippen LogP contribution is -1.95. The molecule has 0 saturated carbocycles. The quantitative estimate of drug-likeness (QED) is 0.621. The maximum absolute atomic E-state index is 6.31. The van der Waals surface area contributed by atoms with Gasteiger partial charge >= 0.3 is 0 Å².